The Kier molecular flexibility index (Phi) is 2.07. The number of nitrogens with one attached hydrogen (secondary N) is 1. The second kappa shape index (κ2) is 3.48. The second-order valence-corrected chi connectivity index (χ2v) is 4.37. The molecule has 0 aromatic heterocycles. The molecule has 1 fully saturated rings. The Morgan fingerprint density at radius 3 is 3.06 bits per heavy atom. The van der Waals surface area contributed by atoms with E-state index in [2.05, 4.69) is 5.32 Å². The number of fused-ring (bicyclic) bond motifs is 2. The van der Waals surface area contributed by atoms with Crippen LogP contribution in [0.25, 0.3) is 0 Å². The molecule has 0 saturated carbocycles. The van der Waals surface area contributed by atoms with Gasteiger partial charge in [-0.15, -0.1) is 0 Å². The number of aromatic carboxylic acids is 1. The van der Waals surface area contributed by atoms with Gasteiger partial charge in [0.1, 0.15) is 6.17 Å². The first kappa shape index (κ1) is 10.1. The van der Waals surface area contributed by atoms with Crippen molar-refractivity contribution in [1.82, 2.24) is 4.90 Å². The van der Waals surface area contributed by atoms with Crippen LogP contribution in [0.1, 0.15) is 33.6 Å². The fourth-order valence-electron chi connectivity index (χ4n) is 2.47. The maximum atomic E-state index is 12.2. The van der Waals surface area contributed by atoms with Crippen molar-refractivity contribution >= 4 is 17.6 Å². The van der Waals surface area contributed by atoms with Gasteiger partial charge in [-0.3, -0.25) is 4.79 Å². The third-order valence-electron chi connectivity index (χ3n) is 3.33. The van der Waals surface area contributed by atoms with E-state index in [9.17, 15) is 9.59 Å². The summed E-state index contributed by atoms with van der Waals surface area (Å²) in [6, 6.07) is 4.64. The normalized spacial score (nSPS) is 21.8. The molecule has 1 aromatic carbocycles. The van der Waals surface area contributed by atoms with Crippen molar-refractivity contribution in [3.05, 3.63) is 29.3 Å². The summed E-state index contributed by atoms with van der Waals surface area (Å²) in [6.07, 6.45) is 2.01. The van der Waals surface area contributed by atoms with Gasteiger partial charge >= 0.3 is 5.97 Å². The molecule has 5 nitrogen and oxygen atoms in total. The molecule has 2 heterocycles. The third kappa shape index (κ3) is 1.46. The summed E-state index contributed by atoms with van der Waals surface area (Å²) in [7, 11) is 0. The first-order valence-electron chi connectivity index (χ1n) is 5.61. The molecule has 3 rings (SSSR count). The highest BCUT2D eigenvalue weighted by atomic mass is 16.4. The summed E-state index contributed by atoms with van der Waals surface area (Å²) in [6.45, 7) is 0.743. The standard InChI is InChI=1S/C12H12N2O3/c15-11-8-6-7(12(16)17)3-4-9(8)13-10-2-1-5-14(10)11/h3-4,6,10,13H,1-2,5H2,(H,16,17). The lowest BCUT2D eigenvalue weighted by atomic mass is 10.0. The number of anilines is 1. The van der Waals surface area contributed by atoms with Gasteiger partial charge in [0.15, 0.2) is 0 Å². The molecule has 1 saturated heterocycles. The molecule has 1 amide bonds. The lowest BCUT2D eigenvalue weighted by molar-refractivity contribution is 0.0697. The molecule has 17 heavy (non-hydrogen) atoms. The quantitative estimate of drug-likeness (QED) is 0.767. The smallest absolute Gasteiger partial charge is 0.335 e. The maximum absolute atomic E-state index is 12.2. The Bertz CT molecular complexity index is 512. The maximum Gasteiger partial charge on any atom is 0.335 e. The van der Waals surface area contributed by atoms with Crippen LogP contribution in [0.2, 0.25) is 0 Å². The highest BCUT2D eigenvalue weighted by Crippen LogP contribution is 2.31. The van der Waals surface area contributed by atoms with Crippen molar-refractivity contribution in [2.75, 3.05) is 11.9 Å². The Labute approximate surface area is 98.0 Å². The van der Waals surface area contributed by atoms with E-state index in [1.54, 1.807) is 11.0 Å². The van der Waals surface area contributed by atoms with Gasteiger partial charge in [-0.1, -0.05) is 0 Å². The molecule has 1 aromatic rings. The van der Waals surface area contributed by atoms with Crippen molar-refractivity contribution in [2.45, 2.75) is 19.0 Å². The van der Waals surface area contributed by atoms with Crippen LogP contribution in [0.4, 0.5) is 5.69 Å². The minimum Gasteiger partial charge on any atom is -0.478 e. The fourth-order valence-corrected chi connectivity index (χ4v) is 2.47. The molecule has 1 atom stereocenters. The Morgan fingerprint density at radius 2 is 2.29 bits per heavy atom. The van der Waals surface area contributed by atoms with Gasteiger partial charge in [0.05, 0.1) is 11.1 Å². The molecular weight excluding hydrogens is 220 g/mol. The average Bonchev–Trinajstić information content (AvgIpc) is 2.77. The SMILES string of the molecule is O=C(O)c1ccc2c(c1)C(=O)N1CCCC1N2. The molecule has 5 heteroatoms. The van der Waals surface area contributed by atoms with Gasteiger partial charge in [-0.25, -0.2) is 4.79 Å². The van der Waals surface area contributed by atoms with Crippen LogP contribution in [0.15, 0.2) is 18.2 Å². The van der Waals surface area contributed by atoms with E-state index >= 15 is 0 Å². The second-order valence-electron chi connectivity index (χ2n) is 4.37. The zero-order chi connectivity index (χ0) is 12.0. The van der Waals surface area contributed by atoms with Gasteiger partial charge in [-0.05, 0) is 31.0 Å². The Hall–Kier alpha value is -2.04. The highest BCUT2D eigenvalue weighted by molar-refractivity contribution is 6.04. The van der Waals surface area contributed by atoms with Crippen molar-refractivity contribution in [3.8, 4) is 0 Å². The number of rotatable bonds is 1. The number of hydrogen-bond donors (Lipinski definition) is 2. The summed E-state index contributed by atoms with van der Waals surface area (Å²) < 4.78 is 0. The van der Waals surface area contributed by atoms with Crippen LogP contribution in [0, 0.1) is 0 Å². The molecule has 2 aliphatic heterocycles. The van der Waals surface area contributed by atoms with Gasteiger partial charge < -0.3 is 15.3 Å². The summed E-state index contributed by atoms with van der Waals surface area (Å²) >= 11 is 0. The topological polar surface area (TPSA) is 69.6 Å². The number of carbonyl (C=O) groups excluding carboxylic acids is 1. The molecular formula is C12H12N2O3. The molecule has 2 aliphatic rings. The largest absolute Gasteiger partial charge is 0.478 e. The first-order chi connectivity index (χ1) is 8.16. The summed E-state index contributed by atoms with van der Waals surface area (Å²) in [4.78, 5) is 24.8. The molecule has 0 bridgehead atoms. The minimum absolute atomic E-state index is 0.0654. The number of nitrogens with zero attached hydrogens (tertiary/aromatic N) is 1. The van der Waals surface area contributed by atoms with Crippen LogP contribution < -0.4 is 5.32 Å². The molecule has 1 unspecified atom stereocenters. The predicted octanol–water partition coefficient (Wildman–Crippen LogP) is 1.37. The molecule has 88 valence electrons. The molecule has 0 aliphatic carbocycles. The van der Waals surface area contributed by atoms with Crippen molar-refractivity contribution in [2.24, 2.45) is 0 Å². The number of carboxylic acid groups (broad SMARTS) is 1. The lowest BCUT2D eigenvalue weighted by Gasteiger charge is -2.32. The van der Waals surface area contributed by atoms with Crippen molar-refractivity contribution < 1.29 is 14.7 Å². The molecule has 0 spiro atoms. The van der Waals surface area contributed by atoms with E-state index in [1.807, 2.05) is 0 Å². The van der Waals surface area contributed by atoms with Gasteiger partial charge in [0.2, 0.25) is 0 Å². The summed E-state index contributed by atoms with van der Waals surface area (Å²) in [5.74, 6) is -1.08. The highest BCUT2D eigenvalue weighted by Gasteiger charge is 2.35. The van der Waals surface area contributed by atoms with Crippen molar-refractivity contribution in [1.29, 1.82) is 0 Å². The van der Waals surface area contributed by atoms with E-state index in [4.69, 9.17) is 5.11 Å². The first-order valence-corrected chi connectivity index (χ1v) is 5.61. The fraction of sp³-hybridized carbons (Fsp3) is 0.333. The summed E-state index contributed by atoms with van der Waals surface area (Å²) in [5.41, 5.74) is 1.35. The van der Waals surface area contributed by atoms with E-state index < -0.39 is 5.97 Å². The number of amides is 1. The van der Waals surface area contributed by atoms with Crippen LogP contribution in [0.3, 0.4) is 0 Å². The van der Waals surface area contributed by atoms with Crippen LogP contribution in [0.5, 0.6) is 0 Å². The third-order valence-corrected chi connectivity index (χ3v) is 3.33. The minimum atomic E-state index is -1.01. The van der Waals surface area contributed by atoms with Gasteiger partial charge in [-0.2, -0.15) is 0 Å². The zero-order valence-corrected chi connectivity index (χ0v) is 9.14. The van der Waals surface area contributed by atoms with Crippen LogP contribution >= 0.6 is 0 Å². The van der Waals surface area contributed by atoms with E-state index in [1.165, 1.54) is 12.1 Å². The average molecular weight is 232 g/mol. The Balaban J connectivity index is 2.06. The van der Waals surface area contributed by atoms with Crippen LogP contribution in [-0.4, -0.2) is 34.6 Å². The molecule has 0 radical (unpaired) electrons. The van der Waals surface area contributed by atoms with Crippen molar-refractivity contribution in [3.63, 3.8) is 0 Å². The number of hydrogen-bond acceptors (Lipinski definition) is 3. The summed E-state index contributed by atoms with van der Waals surface area (Å²) in [5, 5.41) is 12.2. The van der Waals surface area contributed by atoms with E-state index in [0.29, 0.717) is 5.56 Å². The van der Waals surface area contributed by atoms with E-state index in [-0.39, 0.29) is 17.6 Å². The van der Waals surface area contributed by atoms with Gasteiger partial charge in [0.25, 0.3) is 5.91 Å². The zero-order valence-electron chi connectivity index (χ0n) is 9.14. The lowest BCUT2D eigenvalue weighted by Crippen LogP contribution is -2.44. The van der Waals surface area contributed by atoms with E-state index in [0.717, 1.165) is 25.1 Å². The number of carbonyl (C=O) groups is 2. The number of benzene rings is 1. The molecule has 2 N–H and O–H groups in total. The van der Waals surface area contributed by atoms with Crippen LogP contribution in [-0.2, 0) is 0 Å². The number of carboxylic acids is 1. The predicted molar refractivity (Wildman–Crippen MR) is 61.1 cm³/mol. The monoisotopic (exact) mass is 232 g/mol. The van der Waals surface area contributed by atoms with Gasteiger partial charge in [0, 0.05) is 12.2 Å². The Morgan fingerprint density at radius 1 is 1.47 bits per heavy atom.